The molecule has 0 spiro atoms. The molecule has 102 valence electrons. The summed E-state index contributed by atoms with van der Waals surface area (Å²) in [5.74, 6) is 0. The molecular formula is C14H22BrNO2. The Morgan fingerprint density at radius 2 is 1.94 bits per heavy atom. The van der Waals surface area contributed by atoms with E-state index in [2.05, 4.69) is 35.1 Å². The van der Waals surface area contributed by atoms with Gasteiger partial charge in [0.1, 0.15) is 0 Å². The van der Waals surface area contributed by atoms with Gasteiger partial charge in [0.2, 0.25) is 0 Å². The minimum atomic E-state index is -0.101. The minimum Gasteiger partial charge on any atom is -0.382 e. The molecule has 3 nitrogen and oxygen atoms in total. The van der Waals surface area contributed by atoms with Crippen molar-refractivity contribution in [2.45, 2.75) is 25.9 Å². The molecule has 4 heteroatoms. The predicted molar refractivity (Wildman–Crippen MR) is 79.2 cm³/mol. The maximum Gasteiger partial charge on any atom is 0.0644 e. The summed E-state index contributed by atoms with van der Waals surface area (Å²) in [4.78, 5) is 0. The minimum absolute atomic E-state index is 0.101. The smallest absolute Gasteiger partial charge is 0.0644 e. The van der Waals surface area contributed by atoms with Crippen molar-refractivity contribution in [2.75, 3.05) is 32.2 Å². The van der Waals surface area contributed by atoms with Crippen LogP contribution < -0.4 is 5.32 Å². The normalized spacial score (nSPS) is 11.6. The third kappa shape index (κ3) is 5.85. The molecule has 0 bridgehead atoms. The molecule has 0 aliphatic rings. The molecule has 1 rings (SSSR count). The van der Waals surface area contributed by atoms with Crippen molar-refractivity contribution in [1.29, 1.82) is 0 Å². The fraction of sp³-hybridized carbons (Fsp3) is 0.571. The molecule has 0 saturated carbocycles. The van der Waals surface area contributed by atoms with Gasteiger partial charge in [-0.2, -0.15) is 0 Å². The number of anilines is 1. The Morgan fingerprint density at radius 3 is 2.61 bits per heavy atom. The second-order valence-corrected chi connectivity index (χ2v) is 5.59. The average molecular weight is 316 g/mol. The molecule has 0 saturated heterocycles. The van der Waals surface area contributed by atoms with Crippen molar-refractivity contribution < 1.29 is 9.47 Å². The lowest BCUT2D eigenvalue weighted by Crippen LogP contribution is -2.25. The van der Waals surface area contributed by atoms with Gasteiger partial charge in [-0.05, 0) is 48.3 Å². The van der Waals surface area contributed by atoms with E-state index in [4.69, 9.17) is 9.47 Å². The zero-order valence-corrected chi connectivity index (χ0v) is 12.9. The molecule has 0 unspecified atom stereocenters. The zero-order chi connectivity index (χ0) is 13.4. The van der Waals surface area contributed by atoms with Crippen LogP contribution in [0, 0.1) is 0 Å². The summed E-state index contributed by atoms with van der Waals surface area (Å²) in [7, 11) is 1.73. The lowest BCUT2D eigenvalue weighted by atomic mass is 10.1. The highest BCUT2D eigenvalue weighted by molar-refractivity contribution is 9.10. The van der Waals surface area contributed by atoms with Crippen LogP contribution in [0.15, 0.2) is 28.7 Å². The maximum atomic E-state index is 5.58. The lowest BCUT2D eigenvalue weighted by Gasteiger charge is -2.22. The number of ether oxygens (including phenoxy) is 2. The highest BCUT2D eigenvalue weighted by atomic mass is 79.9. The third-order valence-corrected chi connectivity index (χ3v) is 3.53. The van der Waals surface area contributed by atoms with Crippen molar-refractivity contribution >= 4 is 21.6 Å². The van der Waals surface area contributed by atoms with Crippen LogP contribution in [0.2, 0.25) is 0 Å². The van der Waals surface area contributed by atoms with Gasteiger partial charge in [-0.25, -0.2) is 0 Å². The average Bonchev–Trinajstić information content (AvgIpc) is 2.35. The Balaban J connectivity index is 2.11. The molecule has 0 fully saturated rings. The van der Waals surface area contributed by atoms with E-state index in [0.717, 1.165) is 29.7 Å². The molecule has 1 aromatic rings. The topological polar surface area (TPSA) is 30.5 Å². The van der Waals surface area contributed by atoms with Crippen molar-refractivity contribution in [2.24, 2.45) is 0 Å². The summed E-state index contributed by atoms with van der Waals surface area (Å²) in [5.41, 5.74) is 0.994. The molecule has 18 heavy (non-hydrogen) atoms. The first-order valence-electron chi connectivity index (χ1n) is 6.16. The fourth-order valence-corrected chi connectivity index (χ4v) is 1.81. The van der Waals surface area contributed by atoms with E-state index in [0.29, 0.717) is 6.61 Å². The zero-order valence-electron chi connectivity index (χ0n) is 11.3. The van der Waals surface area contributed by atoms with Gasteiger partial charge >= 0.3 is 0 Å². The van der Waals surface area contributed by atoms with E-state index >= 15 is 0 Å². The van der Waals surface area contributed by atoms with Crippen LogP contribution >= 0.6 is 15.9 Å². The van der Waals surface area contributed by atoms with Gasteiger partial charge in [0.15, 0.2) is 0 Å². The molecule has 0 amide bonds. The first kappa shape index (κ1) is 15.5. The first-order valence-corrected chi connectivity index (χ1v) is 6.96. The van der Waals surface area contributed by atoms with Crippen LogP contribution in [-0.2, 0) is 9.47 Å². The van der Waals surface area contributed by atoms with Crippen LogP contribution in [0.5, 0.6) is 0 Å². The van der Waals surface area contributed by atoms with Crippen LogP contribution in [0.4, 0.5) is 5.69 Å². The standard InChI is InChI=1S/C14H22BrNO2/c1-14(2,17-3)8-10-18-11-9-16-13-7-5-4-6-12(13)15/h4-7,16H,8-11H2,1-3H3. The van der Waals surface area contributed by atoms with E-state index in [1.807, 2.05) is 24.3 Å². The quantitative estimate of drug-likeness (QED) is 0.742. The second kappa shape index (κ2) is 7.77. The Hall–Kier alpha value is -0.580. The van der Waals surface area contributed by atoms with Crippen molar-refractivity contribution in [3.05, 3.63) is 28.7 Å². The number of rotatable bonds is 8. The van der Waals surface area contributed by atoms with Gasteiger partial charge in [0.25, 0.3) is 0 Å². The van der Waals surface area contributed by atoms with Crippen LogP contribution in [0.3, 0.4) is 0 Å². The van der Waals surface area contributed by atoms with Gasteiger partial charge in [0, 0.05) is 30.4 Å². The number of methoxy groups -OCH3 is 1. The SMILES string of the molecule is COC(C)(C)CCOCCNc1ccccc1Br. The number of nitrogens with one attached hydrogen (secondary N) is 1. The highest BCUT2D eigenvalue weighted by Gasteiger charge is 2.15. The number of hydrogen-bond acceptors (Lipinski definition) is 3. The summed E-state index contributed by atoms with van der Waals surface area (Å²) in [6, 6.07) is 8.07. The number of benzene rings is 1. The van der Waals surface area contributed by atoms with Crippen LogP contribution in [0.25, 0.3) is 0 Å². The van der Waals surface area contributed by atoms with Crippen LogP contribution in [-0.4, -0.2) is 32.5 Å². The summed E-state index contributed by atoms with van der Waals surface area (Å²) in [6.07, 6.45) is 0.901. The second-order valence-electron chi connectivity index (χ2n) is 4.73. The molecule has 0 aliphatic heterocycles. The fourth-order valence-electron chi connectivity index (χ4n) is 1.38. The van der Waals surface area contributed by atoms with Gasteiger partial charge in [-0.3, -0.25) is 0 Å². The Bertz CT molecular complexity index is 355. The molecule has 0 aliphatic carbocycles. The Labute approximate surface area is 118 Å². The van der Waals surface area contributed by atoms with Gasteiger partial charge < -0.3 is 14.8 Å². The first-order chi connectivity index (χ1) is 8.55. The van der Waals surface area contributed by atoms with E-state index in [9.17, 15) is 0 Å². The van der Waals surface area contributed by atoms with E-state index in [1.54, 1.807) is 7.11 Å². The van der Waals surface area contributed by atoms with E-state index in [1.165, 1.54) is 0 Å². The van der Waals surface area contributed by atoms with Crippen LogP contribution in [0.1, 0.15) is 20.3 Å². The predicted octanol–water partition coefficient (Wildman–Crippen LogP) is 3.69. The monoisotopic (exact) mass is 315 g/mol. The van der Waals surface area contributed by atoms with E-state index in [-0.39, 0.29) is 5.60 Å². The number of halogens is 1. The Morgan fingerprint density at radius 1 is 1.22 bits per heavy atom. The summed E-state index contributed by atoms with van der Waals surface area (Å²) >= 11 is 3.49. The highest BCUT2D eigenvalue weighted by Crippen LogP contribution is 2.20. The van der Waals surface area contributed by atoms with Gasteiger partial charge in [-0.15, -0.1) is 0 Å². The summed E-state index contributed by atoms with van der Waals surface area (Å²) in [5, 5.41) is 3.32. The number of para-hydroxylation sites is 1. The van der Waals surface area contributed by atoms with Crippen molar-refractivity contribution in [3.63, 3.8) is 0 Å². The summed E-state index contributed by atoms with van der Waals surface area (Å²) < 4.78 is 12.0. The Kier molecular flexibility index (Phi) is 6.68. The molecule has 0 atom stereocenters. The van der Waals surface area contributed by atoms with Gasteiger partial charge in [0.05, 0.1) is 12.2 Å². The lowest BCUT2D eigenvalue weighted by molar-refractivity contribution is -0.00856. The van der Waals surface area contributed by atoms with Crippen molar-refractivity contribution in [3.8, 4) is 0 Å². The molecule has 0 radical (unpaired) electrons. The molecule has 1 aromatic carbocycles. The van der Waals surface area contributed by atoms with Gasteiger partial charge in [-0.1, -0.05) is 12.1 Å². The molecule has 0 heterocycles. The maximum absolute atomic E-state index is 5.58. The van der Waals surface area contributed by atoms with E-state index < -0.39 is 0 Å². The largest absolute Gasteiger partial charge is 0.382 e. The third-order valence-electron chi connectivity index (χ3n) is 2.84. The summed E-state index contributed by atoms with van der Waals surface area (Å²) in [6.45, 7) is 6.35. The molecule has 1 N–H and O–H groups in total. The van der Waals surface area contributed by atoms with Crippen molar-refractivity contribution in [1.82, 2.24) is 0 Å². The molecule has 0 aromatic heterocycles. The number of hydrogen-bond donors (Lipinski definition) is 1. The molecular weight excluding hydrogens is 294 g/mol.